The Morgan fingerprint density at radius 1 is 0.623 bits per heavy atom. The SMILES string of the molecule is C.Cc1ccc(-c2ncc(Cl)cc2-c2ccc(C(=O)NCCO)cc2)cn1.Cc1ccc(-c2ncc(Cl)cc2-c2ccc(C(=O)O)cc2)cn1.Cl.Cl.F. The molecule has 1 amide bonds. The largest absolute Gasteiger partial charge is 0.478 e. The molecule has 14 heteroatoms. The molecule has 9 nitrogen and oxygen atoms in total. The average molecular weight is 802 g/mol. The number of aryl methyl sites for hydroxylation is 2. The van der Waals surface area contributed by atoms with Crippen LogP contribution in [0.3, 0.4) is 0 Å². The number of aliphatic hydroxyl groups excluding tert-OH is 1. The van der Waals surface area contributed by atoms with E-state index in [1.807, 2.05) is 62.4 Å². The average Bonchev–Trinajstić information content (AvgIpc) is 3.12. The molecular weight excluding hydrogens is 763 g/mol. The fourth-order valence-electron chi connectivity index (χ4n) is 4.86. The minimum absolute atomic E-state index is 0. The minimum atomic E-state index is -0.955. The molecule has 0 aliphatic heterocycles. The zero-order valence-electron chi connectivity index (χ0n) is 27.8. The maximum Gasteiger partial charge on any atom is 0.335 e. The van der Waals surface area contributed by atoms with Gasteiger partial charge in [0.25, 0.3) is 5.91 Å². The number of carboxylic acid groups (broad SMARTS) is 1. The summed E-state index contributed by atoms with van der Waals surface area (Å²) in [5.74, 6) is -1.18. The van der Waals surface area contributed by atoms with E-state index in [0.29, 0.717) is 15.6 Å². The molecule has 0 unspecified atom stereocenters. The predicted octanol–water partition coefficient (Wildman–Crippen LogP) is 9.60. The van der Waals surface area contributed by atoms with Crippen LogP contribution in [0.1, 0.15) is 39.5 Å². The van der Waals surface area contributed by atoms with Crippen LogP contribution in [-0.2, 0) is 0 Å². The van der Waals surface area contributed by atoms with E-state index in [4.69, 9.17) is 33.4 Å². The lowest BCUT2D eigenvalue weighted by Gasteiger charge is -2.11. The maximum atomic E-state index is 12.0. The predicted molar refractivity (Wildman–Crippen MR) is 215 cm³/mol. The number of hydrogen-bond donors (Lipinski definition) is 3. The van der Waals surface area contributed by atoms with Gasteiger partial charge in [0.1, 0.15) is 0 Å². The van der Waals surface area contributed by atoms with Gasteiger partial charge in [0.05, 0.1) is 33.6 Å². The molecule has 0 bridgehead atoms. The molecule has 6 rings (SSSR count). The number of carboxylic acids is 1. The Kier molecular flexibility index (Phi) is 18.7. The van der Waals surface area contributed by atoms with Gasteiger partial charge < -0.3 is 15.5 Å². The second-order valence-corrected chi connectivity index (χ2v) is 11.8. The van der Waals surface area contributed by atoms with Crippen LogP contribution in [0.4, 0.5) is 4.70 Å². The second-order valence-electron chi connectivity index (χ2n) is 10.9. The normalized spacial score (nSPS) is 9.75. The van der Waals surface area contributed by atoms with E-state index in [2.05, 4.69) is 25.3 Å². The number of aromatic carboxylic acids is 1. The Hall–Kier alpha value is -4.97. The summed E-state index contributed by atoms with van der Waals surface area (Å²) < 4.78 is 0. The molecule has 0 radical (unpaired) electrons. The van der Waals surface area contributed by atoms with Crippen molar-refractivity contribution in [1.29, 1.82) is 0 Å². The molecule has 0 aliphatic rings. The molecule has 4 aromatic heterocycles. The van der Waals surface area contributed by atoms with E-state index < -0.39 is 5.97 Å². The number of benzene rings is 2. The van der Waals surface area contributed by atoms with Crippen LogP contribution in [0.2, 0.25) is 10.0 Å². The summed E-state index contributed by atoms with van der Waals surface area (Å²) >= 11 is 12.2. The van der Waals surface area contributed by atoms with Crippen LogP contribution in [-0.4, -0.2) is 55.2 Å². The van der Waals surface area contributed by atoms with Gasteiger partial charge >= 0.3 is 5.97 Å². The quantitative estimate of drug-likeness (QED) is 0.138. The smallest absolute Gasteiger partial charge is 0.335 e. The van der Waals surface area contributed by atoms with Gasteiger partial charge in [-0.1, -0.05) is 54.9 Å². The van der Waals surface area contributed by atoms with Gasteiger partial charge in [-0.3, -0.25) is 29.4 Å². The van der Waals surface area contributed by atoms with E-state index >= 15 is 0 Å². The highest BCUT2D eigenvalue weighted by Crippen LogP contribution is 2.33. The van der Waals surface area contributed by atoms with Gasteiger partial charge in [0, 0.05) is 70.5 Å². The highest BCUT2D eigenvalue weighted by atomic mass is 35.5. The summed E-state index contributed by atoms with van der Waals surface area (Å²) in [6.45, 7) is 3.99. The van der Waals surface area contributed by atoms with Gasteiger partial charge in [-0.25, -0.2) is 4.79 Å². The third kappa shape index (κ3) is 12.0. The van der Waals surface area contributed by atoms with Crippen LogP contribution in [0.15, 0.2) is 110 Å². The fraction of sp³-hybridized carbons (Fsp3) is 0.128. The number of aliphatic hydroxyl groups is 1. The first-order chi connectivity index (χ1) is 23.6. The van der Waals surface area contributed by atoms with Crippen molar-refractivity contribution >= 4 is 59.9 Å². The van der Waals surface area contributed by atoms with Crippen molar-refractivity contribution in [2.75, 3.05) is 13.2 Å². The molecule has 0 spiro atoms. The lowest BCUT2D eigenvalue weighted by molar-refractivity contribution is 0.0696. The lowest BCUT2D eigenvalue weighted by Crippen LogP contribution is -2.26. The summed E-state index contributed by atoms with van der Waals surface area (Å²) in [6, 6.07) is 25.3. The molecule has 4 heterocycles. The number of hydrogen-bond acceptors (Lipinski definition) is 7. The van der Waals surface area contributed by atoms with Gasteiger partial charge in [0.2, 0.25) is 0 Å². The van der Waals surface area contributed by atoms with E-state index in [-0.39, 0.29) is 61.6 Å². The van der Waals surface area contributed by atoms with E-state index in [0.717, 1.165) is 56.2 Å². The lowest BCUT2D eigenvalue weighted by atomic mass is 9.99. The van der Waals surface area contributed by atoms with Crippen LogP contribution < -0.4 is 5.32 Å². The van der Waals surface area contributed by atoms with E-state index in [1.165, 1.54) is 0 Å². The van der Waals surface area contributed by atoms with Gasteiger partial charge in [-0.05, 0) is 85.6 Å². The summed E-state index contributed by atoms with van der Waals surface area (Å²) in [5.41, 5.74) is 9.37. The second kappa shape index (κ2) is 21.5. The molecular formula is C39H38Cl4FN5O4. The number of halogens is 5. The Balaban J connectivity index is 0.000000496. The molecule has 0 saturated carbocycles. The van der Waals surface area contributed by atoms with Crippen LogP contribution >= 0.6 is 48.0 Å². The number of pyridine rings is 4. The third-order valence-electron chi connectivity index (χ3n) is 7.38. The summed E-state index contributed by atoms with van der Waals surface area (Å²) in [6.07, 6.45) is 6.75. The van der Waals surface area contributed by atoms with E-state index in [1.54, 1.807) is 61.2 Å². The van der Waals surface area contributed by atoms with Gasteiger partial charge in [-0.2, -0.15) is 0 Å². The molecule has 0 fully saturated rings. The molecule has 0 atom stereocenters. The Labute approximate surface area is 329 Å². The molecule has 278 valence electrons. The summed E-state index contributed by atoms with van der Waals surface area (Å²) in [7, 11) is 0. The number of carbonyl (C=O) groups excluding carboxylic acids is 1. The van der Waals surface area contributed by atoms with Crippen molar-refractivity contribution in [3.8, 4) is 44.8 Å². The zero-order chi connectivity index (χ0) is 34.9. The molecule has 6 aromatic rings. The molecule has 53 heavy (non-hydrogen) atoms. The van der Waals surface area contributed by atoms with E-state index in [9.17, 15) is 9.59 Å². The molecule has 0 aliphatic carbocycles. The number of aromatic nitrogens is 4. The number of rotatable bonds is 8. The third-order valence-corrected chi connectivity index (χ3v) is 7.79. The topological polar surface area (TPSA) is 138 Å². The number of nitrogens with zero attached hydrogens (tertiary/aromatic N) is 4. The molecule has 2 aromatic carbocycles. The van der Waals surface area contributed by atoms with Gasteiger partial charge in [-0.15, -0.1) is 24.8 Å². The molecule has 3 N–H and O–H groups in total. The molecule has 0 saturated heterocycles. The van der Waals surface area contributed by atoms with Crippen molar-refractivity contribution in [2.24, 2.45) is 0 Å². The monoisotopic (exact) mass is 799 g/mol. The highest BCUT2D eigenvalue weighted by Gasteiger charge is 2.13. The maximum absolute atomic E-state index is 12.0. The first kappa shape index (κ1) is 46.1. The van der Waals surface area contributed by atoms with Crippen molar-refractivity contribution in [3.05, 3.63) is 142 Å². The summed E-state index contributed by atoms with van der Waals surface area (Å²) in [5, 5.41) is 21.5. The van der Waals surface area contributed by atoms with Crippen molar-refractivity contribution in [1.82, 2.24) is 25.3 Å². The minimum Gasteiger partial charge on any atom is -0.478 e. The van der Waals surface area contributed by atoms with Crippen molar-refractivity contribution in [2.45, 2.75) is 21.3 Å². The first-order valence-electron chi connectivity index (χ1n) is 15.1. The number of carbonyl (C=O) groups is 2. The Morgan fingerprint density at radius 2 is 1.02 bits per heavy atom. The zero-order valence-corrected chi connectivity index (χ0v) is 30.9. The van der Waals surface area contributed by atoms with Crippen LogP contribution in [0.5, 0.6) is 0 Å². The van der Waals surface area contributed by atoms with Crippen LogP contribution in [0, 0.1) is 13.8 Å². The van der Waals surface area contributed by atoms with Crippen molar-refractivity contribution < 1.29 is 24.5 Å². The number of amides is 1. The van der Waals surface area contributed by atoms with Gasteiger partial charge in [0.15, 0.2) is 0 Å². The Morgan fingerprint density at radius 3 is 1.38 bits per heavy atom. The summed E-state index contributed by atoms with van der Waals surface area (Å²) in [4.78, 5) is 40.5. The highest BCUT2D eigenvalue weighted by molar-refractivity contribution is 6.31. The fourth-order valence-corrected chi connectivity index (χ4v) is 5.18. The standard InChI is InChI=1S/C20H18ClN3O2.C18H13ClN2O2.CH4.2ClH.FH/c1-13-2-3-16(11-23-13)19-18(10-17(21)12-24-19)14-4-6-15(7-5-14)20(26)22-8-9-25;1-11-2-3-14(9-20-11)17-16(8-15(19)10-21-17)12-4-6-13(7-5-12)18(22)23;;;;/h2-7,10-12,25H,8-9H2,1H3,(H,22,26);2-10H,1H3,(H,22,23);1H4;3*1H. The van der Waals surface area contributed by atoms with Crippen molar-refractivity contribution in [3.63, 3.8) is 0 Å². The Bertz CT molecular complexity index is 2090. The van der Waals surface area contributed by atoms with Crippen LogP contribution in [0.25, 0.3) is 44.8 Å². The first-order valence-corrected chi connectivity index (χ1v) is 15.9. The number of nitrogens with one attached hydrogen (secondary N) is 1.